The molecule has 0 amide bonds. The van der Waals surface area contributed by atoms with Gasteiger partial charge in [0.25, 0.3) is 0 Å². The average molecular weight is 285 g/mol. The number of benzene rings is 1. The highest BCUT2D eigenvalue weighted by Gasteiger charge is 2.13. The first-order valence-corrected chi connectivity index (χ1v) is 7.17. The van der Waals surface area contributed by atoms with E-state index < -0.39 is 0 Å². The quantitative estimate of drug-likeness (QED) is 0.629. The van der Waals surface area contributed by atoms with Gasteiger partial charge in [-0.15, -0.1) is 0 Å². The Morgan fingerprint density at radius 1 is 1.10 bits per heavy atom. The lowest BCUT2D eigenvalue weighted by Crippen LogP contribution is -2.02. The Labute approximate surface area is 124 Å². The number of nitrogens with zero attached hydrogens (tertiary/aromatic N) is 2. The monoisotopic (exact) mass is 284 g/mol. The summed E-state index contributed by atoms with van der Waals surface area (Å²) in [7, 11) is 0. The second-order valence-electron chi connectivity index (χ2n) is 5.38. The van der Waals surface area contributed by atoms with E-state index in [4.69, 9.17) is 11.6 Å². The van der Waals surface area contributed by atoms with E-state index in [0.717, 1.165) is 16.3 Å². The van der Waals surface area contributed by atoms with Gasteiger partial charge in [0.1, 0.15) is 0 Å². The predicted octanol–water partition coefficient (Wildman–Crippen LogP) is 5.25. The molecule has 0 bridgehead atoms. The molecule has 0 N–H and O–H groups in total. The molecular formula is C17H17ClN2. The summed E-state index contributed by atoms with van der Waals surface area (Å²) in [5, 5.41) is 1.94. The first-order valence-electron chi connectivity index (χ1n) is 6.80. The van der Waals surface area contributed by atoms with Crippen molar-refractivity contribution in [3.63, 3.8) is 0 Å². The minimum atomic E-state index is 0.380. The summed E-state index contributed by atoms with van der Waals surface area (Å²) in [5.74, 6) is 0. The molecule has 2 aromatic heterocycles. The fourth-order valence-electron chi connectivity index (χ4n) is 2.61. The van der Waals surface area contributed by atoms with Gasteiger partial charge in [0.15, 0.2) is 0 Å². The van der Waals surface area contributed by atoms with Crippen LogP contribution in [0.4, 0.5) is 0 Å². The lowest BCUT2D eigenvalue weighted by Gasteiger charge is -2.14. The molecule has 0 aliphatic heterocycles. The molecule has 0 saturated heterocycles. The topological polar surface area (TPSA) is 17.8 Å². The zero-order chi connectivity index (χ0) is 14.3. The van der Waals surface area contributed by atoms with Crippen LogP contribution in [0.3, 0.4) is 0 Å². The molecule has 0 atom stereocenters. The van der Waals surface area contributed by atoms with Crippen LogP contribution >= 0.6 is 11.6 Å². The van der Waals surface area contributed by atoms with E-state index in [1.54, 1.807) is 0 Å². The molecule has 2 nitrogen and oxygen atoms in total. The summed E-state index contributed by atoms with van der Waals surface area (Å²) < 4.78 is 2.33. The molecule has 102 valence electrons. The van der Waals surface area contributed by atoms with E-state index >= 15 is 0 Å². The molecule has 3 rings (SSSR count). The van der Waals surface area contributed by atoms with Gasteiger partial charge in [0.05, 0.1) is 5.69 Å². The maximum Gasteiger partial charge on any atom is 0.0509 e. The van der Waals surface area contributed by atoms with Crippen LogP contribution in [-0.4, -0.2) is 9.55 Å². The number of pyridine rings is 1. The van der Waals surface area contributed by atoms with Crippen LogP contribution < -0.4 is 0 Å². The van der Waals surface area contributed by atoms with Gasteiger partial charge in [0.2, 0.25) is 0 Å². The van der Waals surface area contributed by atoms with Crippen LogP contribution in [0.25, 0.3) is 22.2 Å². The highest BCUT2D eigenvalue weighted by atomic mass is 35.5. The third kappa shape index (κ3) is 2.20. The summed E-state index contributed by atoms with van der Waals surface area (Å²) in [4.78, 5) is 4.40. The molecule has 0 aliphatic rings. The Kier molecular flexibility index (Phi) is 3.27. The first-order chi connectivity index (χ1) is 9.56. The van der Waals surface area contributed by atoms with Crippen molar-refractivity contribution in [3.8, 4) is 11.3 Å². The number of aryl methyl sites for hydroxylation is 1. The first kappa shape index (κ1) is 13.2. The van der Waals surface area contributed by atoms with Crippen molar-refractivity contribution in [1.82, 2.24) is 9.55 Å². The molecule has 0 aliphatic carbocycles. The minimum Gasteiger partial charge on any atom is -0.338 e. The van der Waals surface area contributed by atoms with E-state index in [-0.39, 0.29) is 0 Å². The lowest BCUT2D eigenvalue weighted by molar-refractivity contribution is 0.628. The Morgan fingerprint density at radius 2 is 1.90 bits per heavy atom. The zero-order valence-electron chi connectivity index (χ0n) is 11.9. The van der Waals surface area contributed by atoms with Crippen molar-refractivity contribution in [2.45, 2.75) is 26.8 Å². The van der Waals surface area contributed by atoms with E-state index in [0.29, 0.717) is 6.04 Å². The number of fused-ring (bicyclic) bond motifs is 1. The Balaban J connectivity index is 2.28. The summed E-state index contributed by atoms with van der Waals surface area (Å²) in [6.45, 7) is 6.39. The highest BCUT2D eigenvalue weighted by molar-refractivity contribution is 6.31. The van der Waals surface area contributed by atoms with Gasteiger partial charge < -0.3 is 4.57 Å². The Bertz CT molecular complexity index is 755. The Morgan fingerprint density at radius 3 is 2.55 bits per heavy atom. The molecule has 3 aromatic rings. The van der Waals surface area contributed by atoms with Crippen LogP contribution in [0, 0.1) is 6.92 Å². The van der Waals surface area contributed by atoms with Crippen molar-refractivity contribution in [2.24, 2.45) is 0 Å². The van der Waals surface area contributed by atoms with Gasteiger partial charge in [-0.05, 0) is 57.2 Å². The smallest absolute Gasteiger partial charge is 0.0509 e. The molecule has 3 heteroatoms. The van der Waals surface area contributed by atoms with Gasteiger partial charge in [-0.25, -0.2) is 0 Å². The van der Waals surface area contributed by atoms with Gasteiger partial charge in [-0.3, -0.25) is 4.98 Å². The number of hydrogen-bond acceptors (Lipinski definition) is 1. The van der Waals surface area contributed by atoms with Crippen molar-refractivity contribution in [3.05, 3.63) is 53.3 Å². The van der Waals surface area contributed by atoms with Crippen LogP contribution in [0.1, 0.15) is 25.6 Å². The van der Waals surface area contributed by atoms with E-state index in [1.165, 1.54) is 16.6 Å². The van der Waals surface area contributed by atoms with Crippen molar-refractivity contribution in [2.75, 3.05) is 0 Å². The molecule has 1 aromatic carbocycles. The second kappa shape index (κ2) is 4.95. The Hall–Kier alpha value is -1.80. The zero-order valence-corrected chi connectivity index (χ0v) is 12.6. The molecule has 20 heavy (non-hydrogen) atoms. The molecular weight excluding hydrogens is 268 g/mol. The standard InChI is InChI=1S/C17H17ClN2/c1-11(2)20-16-7-6-15(18)8-14(16)9-17(20)13-5-4-12(3)19-10-13/h4-11H,1-3H3. The van der Waals surface area contributed by atoms with E-state index in [1.807, 2.05) is 31.3 Å². The van der Waals surface area contributed by atoms with Crippen LogP contribution in [-0.2, 0) is 0 Å². The van der Waals surface area contributed by atoms with Gasteiger partial charge >= 0.3 is 0 Å². The second-order valence-corrected chi connectivity index (χ2v) is 5.82. The maximum atomic E-state index is 6.11. The van der Waals surface area contributed by atoms with E-state index in [2.05, 4.69) is 41.6 Å². The lowest BCUT2D eigenvalue weighted by atomic mass is 10.2. The number of rotatable bonds is 2. The van der Waals surface area contributed by atoms with E-state index in [9.17, 15) is 0 Å². The number of hydrogen-bond donors (Lipinski definition) is 0. The minimum absolute atomic E-state index is 0.380. The number of halogens is 1. The summed E-state index contributed by atoms with van der Waals surface area (Å²) in [5.41, 5.74) is 4.56. The van der Waals surface area contributed by atoms with Crippen molar-refractivity contribution < 1.29 is 0 Å². The molecule has 0 saturated carbocycles. The maximum absolute atomic E-state index is 6.11. The predicted molar refractivity (Wildman–Crippen MR) is 85.3 cm³/mol. The molecule has 0 unspecified atom stereocenters. The molecule has 0 fully saturated rings. The largest absolute Gasteiger partial charge is 0.338 e. The third-order valence-electron chi connectivity index (χ3n) is 3.52. The van der Waals surface area contributed by atoms with Crippen LogP contribution in [0.15, 0.2) is 42.6 Å². The third-order valence-corrected chi connectivity index (χ3v) is 3.76. The normalized spacial score (nSPS) is 11.4. The fraction of sp³-hybridized carbons (Fsp3) is 0.235. The van der Waals surface area contributed by atoms with Crippen LogP contribution in [0.2, 0.25) is 5.02 Å². The summed E-state index contributed by atoms with van der Waals surface area (Å²) in [6.07, 6.45) is 1.93. The van der Waals surface area contributed by atoms with Gasteiger partial charge in [0, 0.05) is 39.4 Å². The van der Waals surface area contributed by atoms with Gasteiger partial charge in [-0.1, -0.05) is 11.6 Å². The molecule has 2 heterocycles. The number of aromatic nitrogens is 2. The van der Waals surface area contributed by atoms with Gasteiger partial charge in [-0.2, -0.15) is 0 Å². The fourth-order valence-corrected chi connectivity index (χ4v) is 2.79. The molecule has 0 spiro atoms. The van der Waals surface area contributed by atoms with Crippen molar-refractivity contribution in [1.29, 1.82) is 0 Å². The summed E-state index contributed by atoms with van der Waals surface area (Å²) >= 11 is 6.11. The average Bonchev–Trinajstić information content (AvgIpc) is 2.77. The van der Waals surface area contributed by atoms with Crippen LogP contribution in [0.5, 0.6) is 0 Å². The summed E-state index contributed by atoms with van der Waals surface area (Å²) in [6, 6.07) is 12.8. The highest BCUT2D eigenvalue weighted by Crippen LogP contribution is 2.32. The SMILES string of the molecule is Cc1ccc(-c2cc3cc(Cl)ccc3n2C(C)C)cn1. The molecule has 0 radical (unpaired) electrons. The van der Waals surface area contributed by atoms with Crippen molar-refractivity contribution >= 4 is 22.5 Å².